The van der Waals surface area contributed by atoms with E-state index in [-0.39, 0.29) is 6.04 Å². The van der Waals surface area contributed by atoms with Crippen LogP contribution in [0.15, 0.2) is 73.1 Å². The summed E-state index contributed by atoms with van der Waals surface area (Å²) >= 11 is 0. The number of aliphatic carboxylic acids is 1. The number of carboxylic acid groups (broad SMARTS) is 1. The van der Waals surface area contributed by atoms with Crippen LogP contribution in [-0.2, 0) is 11.2 Å². The molecule has 2 aromatic carbocycles. The SMILES string of the molecule is O=C(O)[C@@H]1Cc2c([nH]c3ccccc23)[C@@H]2c3ccccc3O[C@@H](c3ccncc3)N21. The van der Waals surface area contributed by atoms with Gasteiger partial charge in [0.2, 0.25) is 0 Å². The highest BCUT2D eigenvalue weighted by Gasteiger charge is 2.48. The zero-order valence-electron chi connectivity index (χ0n) is 16.0. The molecule has 0 fully saturated rings. The molecular formula is C24H19N3O3. The molecule has 0 saturated carbocycles. The number of fused-ring (bicyclic) bond motifs is 7. The Hall–Kier alpha value is -3.64. The van der Waals surface area contributed by atoms with E-state index in [0.717, 1.165) is 39.0 Å². The fourth-order valence-electron chi connectivity index (χ4n) is 4.89. The molecule has 3 atom stereocenters. The highest BCUT2D eigenvalue weighted by atomic mass is 16.5. The zero-order valence-corrected chi connectivity index (χ0v) is 16.0. The Bertz CT molecular complexity index is 1270. The minimum Gasteiger partial charge on any atom is -0.480 e. The lowest BCUT2D eigenvalue weighted by Gasteiger charge is -2.48. The van der Waals surface area contributed by atoms with E-state index < -0.39 is 18.2 Å². The second kappa shape index (κ2) is 6.43. The average Bonchev–Trinajstić information content (AvgIpc) is 3.17. The number of pyridine rings is 1. The smallest absolute Gasteiger partial charge is 0.321 e. The second-order valence-electron chi connectivity index (χ2n) is 7.76. The summed E-state index contributed by atoms with van der Waals surface area (Å²) in [5, 5.41) is 11.3. The summed E-state index contributed by atoms with van der Waals surface area (Å²) in [7, 11) is 0. The predicted octanol–water partition coefficient (Wildman–Crippen LogP) is 4.05. The van der Waals surface area contributed by atoms with Gasteiger partial charge in [0, 0.05) is 46.5 Å². The summed E-state index contributed by atoms with van der Waals surface area (Å²) in [6.07, 6.45) is 3.32. The van der Waals surface area contributed by atoms with Crippen LogP contribution >= 0.6 is 0 Å². The van der Waals surface area contributed by atoms with Gasteiger partial charge in [0.1, 0.15) is 11.8 Å². The lowest BCUT2D eigenvalue weighted by Crippen LogP contribution is -2.53. The van der Waals surface area contributed by atoms with Gasteiger partial charge in [-0.1, -0.05) is 36.4 Å². The Morgan fingerprint density at radius 2 is 1.83 bits per heavy atom. The van der Waals surface area contributed by atoms with Crippen molar-refractivity contribution in [1.29, 1.82) is 0 Å². The number of nitrogens with zero attached hydrogens (tertiary/aromatic N) is 2. The van der Waals surface area contributed by atoms with Crippen molar-refractivity contribution < 1.29 is 14.6 Å². The minimum atomic E-state index is -0.849. The van der Waals surface area contributed by atoms with Gasteiger partial charge in [0.05, 0.1) is 6.04 Å². The van der Waals surface area contributed by atoms with E-state index in [1.165, 1.54) is 0 Å². The van der Waals surface area contributed by atoms with Gasteiger partial charge in [-0.25, -0.2) is 4.90 Å². The molecule has 2 aromatic heterocycles. The normalized spacial score (nSPS) is 22.6. The number of hydrogen-bond donors (Lipinski definition) is 2. The molecule has 6 nitrogen and oxygen atoms in total. The maximum absolute atomic E-state index is 12.4. The van der Waals surface area contributed by atoms with Crippen molar-refractivity contribution in [1.82, 2.24) is 14.9 Å². The largest absolute Gasteiger partial charge is 0.480 e. The highest BCUT2D eigenvalue weighted by Crippen LogP contribution is 2.50. The van der Waals surface area contributed by atoms with Crippen LogP contribution in [0.4, 0.5) is 0 Å². The molecule has 2 aliphatic rings. The van der Waals surface area contributed by atoms with Gasteiger partial charge in [-0.3, -0.25) is 9.78 Å². The number of benzene rings is 2. The topological polar surface area (TPSA) is 78.4 Å². The predicted molar refractivity (Wildman–Crippen MR) is 111 cm³/mol. The summed E-state index contributed by atoms with van der Waals surface area (Å²) in [6.45, 7) is 0. The van der Waals surface area contributed by atoms with E-state index in [2.05, 4.69) is 16.0 Å². The van der Waals surface area contributed by atoms with Gasteiger partial charge >= 0.3 is 5.97 Å². The molecule has 0 aliphatic carbocycles. The molecule has 4 heterocycles. The van der Waals surface area contributed by atoms with Gasteiger partial charge in [-0.05, 0) is 29.8 Å². The molecular weight excluding hydrogens is 378 g/mol. The lowest BCUT2D eigenvalue weighted by atomic mass is 9.85. The van der Waals surface area contributed by atoms with Crippen LogP contribution in [0.2, 0.25) is 0 Å². The maximum atomic E-state index is 12.4. The Balaban J connectivity index is 1.64. The van der Waals surface area contributed by atoms with Crippen LogP contribution in [0.3, 0.4) is 0 Å². The van der Waals surface area contributed by atoms with Crippen LogP contribution in [0, 0.1) is 0 Å². The summed E-state index contributed by atoms with van der Waals surface area (Å²) in [5.41, 5.74) is 5.00. The quantitative estimate of drug-likeness (QED) is 0.533. The number of H-pyrrole nitrogens is 1. The third-order valence-electron chi connectivity index (χ3n) is 6.17. The van der Waals surface area contributed by atoms with Crippen molar-refractivity contribution in [3.05, 3.63) is 95.4 Å². The molecule has 0 spiro atoms. The van der Waals surface area contributed by atoms with E-state index in [1.54, 1.807) is 12.4 Å². The van der Waals surface area contributed by atoms with Crippen LogP contribution < -0.4 is 4.74 Å². The molecule has 0 unspecified atom stereocenters. The van der Waals surface area contributed by atoms with E-state index in [1.807, 2.05) is 59.5 Å². The standard InChI is InChI=1S/C24H19N3O3/c28-24(29)19-13-17-15-5-1-3-7-18(15)26-21(17)22-16-6-2-4-8-20(16)30-23(27(19)22)14-9-11-25-12-10-14/h1-12,19,22-23,26H,13H2,(H,28,29)/t19-,22-,23-/m0/s1. The number of hydrogen-bond acceptors (Lipinski definition) is 4. The van der Waals surface area contributed by atoms with E-state index >= 15 is 0 Å². The summed E-state index contributed by atoms with van der Waals surface area (Å²) in [4.78, 5) is 22.1. The fraction of sp³-hybridized carbons (Fsp3) is 0.167. The molecule has 0 radical (unpaired) electrons. The molecule has 0 amide bonds. The van der Waals surface area contributed by atoms with Gasteiger partial charge in [0.25, 0.3) is 0 Å². The van der Waals surface area contributed by atoms with Crippen molar-refractivity contribution in [2.45, 2.75) is 24.7 Å². The van der Waals surface area contributed by atoms with Crippen LogP contribution in [0.5, 0.6) is 5.75 Å². The molecule has 0 bridgehead atoms. The van der Waals surface area contributed by atoms with Crippen molar-refractivity contribution in [3.63, 3.8) is 0 Å². The average molecular weight is 397 g/mol. The third kappa shape index (κ3) is 2.40. The number of aromatic amines is 1. The molecule has 6 heteroatoms. The first-order valence-corrected chi connectivity index (χ1v) is 9.97. The first-order chi connectivity index (χ1) is 14.7. The van der Waals surface area contributed by atoms with Gasteiger partial charge < -0.3 is 14.8 Å². The van der Waals surface area contributed by atoms with Gasteiger partial charge in [-0.2, -0.15) is 0 Å². The summed E-state index contributed by atoms with van der Waals surface area (Å²) < 4.78 is 6.38. The number of aromatic nitrogens is 2. The lowest BCUT2D eigenvalue weighted by molar-refractivity contribution is -0.152. The Morgan fingerprint density at radius 3 is 2.67 bits per heavy atom. The Morgan fingerprint density at radius 1 is 1.07 bits per heavy atom. The van der Waals surface area contributed by atoms with E-state index in [0.29, 0.717) is 6.42 Å². The molecule has 2 N–H and O–H groups in total. The number of nitrogens with one attached hydrogen (secondary N) is 1. The van der Waals surface area contributed by atoms with Crippen molar-refractivity contribution in [2.24, 2.45) is 0 Å². The Kier molecular flexibility index (Phi) is 3.70. The van der Waals surface area contributed by atoms with Crippen LogP contribution in [0.25, 0.3) is 10.9 Å². The third-order valence-corrected chi connectivity index (χ3v) is 6.17. The summed E-state index contributed by atoms with van der Waals surface area (Å²) in [5.74, 6) is -0.0748. The summed E-state index contributed by atoms with van der Waals surface area (Å²) in [6, 6.07) is 18.8. The molecule has 30 heavy (non-hydrogen) atoms. The van der Waals surface area contributed by atoms with Crippen LogP contribution in [-0.4, -0.2) is 32.0 Å². The number of para-hydroxylation sites is 2. The van der Waals surface area contributed by atoms with Crippen molar-refractivity contribution in [3.8, 4) is 5.75 Å². The van der Waals surface area contributed by atoms with Crippen molar-refractivity contribution in [2.75, 3.05) is 0 Å². The van der Waals surface area contributed by atoms with Gasteiger partial charge in [-0.15, -0.1) is 0 Å². The maximum Gasteiger partial charge on any atom is 0.321 e. The molecule has 148 valence electrons. The number of carboxylic acids is 1. The molecule has 2 aliphatic heterocycles. The zero-order chi connectivity index (χ0) is 20.2. The fourth-order valence-corrected chi connectivity index (χ4v) is 4.89. The van der Waals surface area contributed by atoms with Crippen LogP contribution in [0.1, 0.15) is 34.7 Å². The number of rotatable bonds is 2. The first kappa shape index (κ1) is 17.2. The van der Waals surface area contributed by atoms with E-state index in [9.17, 15) is 9.90 Å². The number of ether oxygens (including phenoxy) is 1. The number of carbonyl (C=O) groups is 1. The highest BCUT2D eigenvalue weighted by molar-refractivity contribution is 5.87. The molecule has 4 aromatic rings. The molecule has 6 rings (SSSR count). The second-order valence-corrected chi connectivity index (χ2v) is 7.76. The van der Waals surface area contributed by atoms with Gasteiger partial charge in [0.15, 0.2) is 6.23 Å². The monoisotopic (exact) mass is 397 g/mol. The Labute approximate surface area is 172 Å². The first-order valence-electron chi connectivity index (χ1n) is 9.97. The van der Waals surface area contributed by atoms with Crippen molar-refractivity contribution >= 4 is 16.9 Å². The molecule has 0 saturated heterocycles. The minimum absolute atomic E-state index is 0.245. The van der Waals surface area contributed by atoms with E-state index in [4.69, 9.17) is 4.74 Å².